The van der Waals surface area contributed by atoms with Crippen LogP contribution in [-0.4, -0.2) is 58.2 Å². The summed E-state index contributed by atoms with van der Waals surface area (Å²) in [5, 5.41) is 4.08. The quantitative estimate of drug-likeness (QED) is 0.101. The van der Waals surface area contributed by atoms with Crippen molar-refractivity contribution < 1.29 is 23.2 Å². The first kappa shape index (κ1) is 39.9. The third kappa shape index (κ3) is 10.7. The van der Waals surface area contributed by atoms with Crippen LogP contribution < -0.4 is 5.32 Å². The molecule has 3 heterocycles. The Kier molecular flexibility index (Phi) is 14.4. The molecule has 3 aromatic rings. The van der Waals surface area contributed by atoms with Crippen molar-refractivity contribution in [3.05, 3.63) is 89.3 Å². The fraction of sp³-hybridized carbons (Fsp3) is 0.523. The third-order valence-corrected chi connectivity index (χ3v) is 10.7. The van der Waals surface area contributed by atoms with Gasteiger partial charge in [-0.1, -0.05) is 102 Å². The lowest BCUT2D eigenvalue weighted by Gasteiger charge is -2.29. The summed E-state index contributed by atoms with van der Waals surface area (Å²) in [6.07, 6.45) is 23.1. The van der Waals surface area contributed by atoms with Crippen molar-refractivity contribution in [1.29, 1.82) is 0 Å². The molecule has 0 saturated carbocycles. The van der Waals surface area contributed by atoms with Gasteiger partial charge in [0.1, 0.15) is 0 Å². The molecule has 1 aromatic heterocycles. The molecule has 1 unspecified atom stereocenters. The molecule has 2 aromatic carbocycles. The number of carbonyl (C=O) groups is 3. The predicted octanol–water partition coefficient (Wildman–Crippen LogP) is 9.98. The van der Waals surface area contributed by atoms with Crippen molar-refractivity contribution in [3.63, 3.8) is 0 Å². The van der Waals surface area contributed by atoms with Crippen LogP contribution >= 0.6 is 0 Å². The van der Waals surface area contributed by atoms with Crippen LogP contribution in [0.1, 0.15) is 139 Å². The van der Waals surface area contributed by atoms with Crippen LogP contribution in [0.4, 0.5) is 8.78 Å². The van der Waals surface area contributed by atoms with Crippen molar-refractivity contribution in [2.75, 3.05) is 19.6 Å². The lowest BCUT2D eigenvalue weighted by Crippen LogP contribution is -2.39. The molecular weight excluding hydrogens is 671 g/mol. The molecule has 0 spiro atoms. The number of hydrogen-bond acceptors (Lipinski definition) is 3. The summed E-state index contributed by atoms with van der Waals surface area (Å²) >= 11 is 0. The number of amides is 3. The zero-order valence-corrected chi connectivity index (χ0v) is 32.0. The maximum absolute atomic E-state index is 14.2. The number of fused-ring (bicyclic) bond motifs is 3. The minimum Gasteiger partial charge on any atom is -0.354 e. The molecule has 53 heavy (non-hydrogen) atoms. The molecule has 0 bridgehead atoms. The molecule has 0 aliphatic carbocycles. The topological polar surface area (TPSA) is 85.5 Å². The number of nitrogens with one attached hydrogen (secondary N) is 2. The average molecular weight is 729 g/mol. The lowest BCUT2D eigenvalue weighted by molar-refractivity contribution is -0.130. The summed E-state index contributed by atoms with van der Waals surface area (Å²) in [6, 6.07) is 10.6. The van der Waals surface area contributed by atoms with E-state index in [1.807, 2.05) is 43.0 Å². The lowest BCUT2D eigenvalue weighted by atomic mass is 9.81. The van der Waals surface area contributed by atoms with Gasteiger partial charge >= 0.3 is 0 Å². The summed E-state index contributed by atoms with van der Waals surface area (Å²) in [5.41, 5.74) is 2.04. The molecule has 286 valence electrons. The number of hydrogen-bond donors (Lipinski definition) is 2. The highest BCUT2D eigenvalue weighted by molar-refractivity contribution is 6.21. The number of allylic oxidation sites excluding steroid dienone is 2. The van der Waals surface area contributed by atoms with Crippen LogP contribution in [0, 0.1) is 11.6 Å². The van der Waals surface area contributed by atoms with E-state index in [-0.39, 0.29) is 35.5 Å². The van der Waals surface area contributed by atoms with Crippen molar-refractivity contribution in [3.8, 4) is 0 Å². The van der Waals surface area contributed by atoms with Crippen LogP contribution in [0.2, 0.25) is 0 Å². The van der Waals surface area contributed by atoms with Crippen molar-refractivity contribution in [1.82, 2.24) is 20.1 Å². The number of likely N-dealkylation sites (tertiary alicyclic amines) is 1. The largest absolute Gasteiger partial charge is 0.354 e. The van der Waals surface area contributed by atoms with E-state index in [0.717, 1.165) is 54.3 Å². The molecule has 0 radical (unpaired) electrons. The Labute approximate surface area is 314 Å². The van der Waals surface area contributed by atoms with Gasteiger partial charge in [0.15, 0.2) is 11.6 Å². The zero-order chi connectivity index (χ0) is 37.8. The number of halogens is 2. The first-order valence-electron chi connectivity index (χ1n) is 19.9. The van der Waals surface area contributed by atoms with E-state index < -0.39 is 23.0 Å². The van der Waals surface area contributed by atoms with Crippen molar-refractivity contribution >= 4 is 34.2 Å². The molecule has 2 aliphatic rings. The highest BCUT2D eigenvalue weighted by Crippen LogP contribution is 2.40. The first-order valence-corrected chi connectivity index (χ1v) is 19.9. The standard InChI is InChI=1S/C44H58F2N4O3/c1-4-5-6-7-8-9-10-11-12-13-14-15-16-17-18-23-39(51)49-27-26-33(29-49)47-42(52)35-30-50(43(53)32-24-25-36(45)37(46)28-32)31-44(2,3)40-34-21-19-20-22-38(34)48-41(35)40/h11-12,19-22,24-25,28,30,33,48H,4-10,13-18,23,26-27,29,31H2,1-3H3,(H,47,52). The van der Waals surface area contributed by atoms with Gasteiger partial charge in [-0.2, -0.15) is 0 Å². The normalized spacial score (nSPS) is 16.9. The molecule has 1 atom stereocenters. The number of unbranched alkanes of at least 4 members (excludes halogenated alkanes) is 11. The van der Waals surface area contributed by atoms with Crippen LogP contribution in [-0.2, 0) is 15.0 Å². The Bertz CT molecular complexity index is 1780. The maximum atomic E-state index is 14.2. The second-order valence-electron chi connectivity index (χ2n) is 15.5. The predicted molar refractivity (Wildman–Crippen MR) is 209 cm³/mol. The number of carbonyl (C=O) groups excluding carboxylic acids is 3. The smallest absolute Gasteiger partial charge is 0.257 e. The SMILES string of the molecule is CCCCCCCCC=CCCCCCCCC(=O)N1CCC(NC(=O)C2=CN(C(=O)c3ccc(F)c(F)c3)CC(C)(C)c3c2[nH]c2ccccc32)C1. The van der Waals surface area contributed by atoms with Crippen molar-refractivity contribution in [2.45, 2.75) is 129 Å². The van der Waals surface area contributed by atoms with Crippen molar-refractivity contribution in [2.24, 2.45) is 0 Å². The summed E-state index contributed by atoms with van der Waals surface area (Å²) in [4.78, 5) is 47.6. The summed E-state index contributed by atoms with van der Waals surface area (Å²) in [6.45, 7) is 7.48. The average Bonchev–Trinajstić information content (AvgIpc) is 3.75. The molecule has 2 N–H and O–H groups in total. The van der Waals surface area contributed by atoms with Crippen LogP contribution in [0.15, 0.2) is 60.8 Å². The second kappa shape index (κ2) is 19.2. The molecule has 5 rings (SSSR count). The van der Waals surface area contributed by atoms with E-state index in [9.17, 15) is 23.2 Å². The molecule has 7 nitrogen and oxygen atoms in total. The van der Waals surface area contributed by atoms with Gasteiger partial charge in [-0.15, -0.1) is 0 Å². The summed E-state index contributed by atoms with van der Waals surface area (Å²) < 4.78 is 27.9. The fourth-order valence-corrected chi connectivity index (χ4v) is 7.79. The highest BCUT2D eigenvalue weighted by Gasteiger charge is 2.38. The van der Waals surface area contributed by atoms with Gasteiger partial charge in [-0.05, 0) is 68.4 Å². The number of rotatable bonds is 18. The molecule has 9 heteroatoms. The van der Waals surface area contributed by atoms with Gasteiger partial charge in [-0.3, -0.25) is 14.4 Å². The zero-order valence-electron chi connectivity index (χ0n) is 32.0. The van der Waals surface area contributed by atoms with E-state index >= 15 is 0 Å². The van der Waals surface area contributed by atoms with Gasteiger partial charge in [0.2, 0.25) is 5.91 Å². The number of benzene rings is 2. The van der Waals surface area contributed by atoms with Gasteiger partial charge < -0.3 is 20.1 Å². The third-order valence-electron chi connectivity index (χ3n) is 10.7. The van der Waals surface area contributed by atoms with Gasteiger partial charge in [0.25, 0.3) is 11.8 Å². The van der Waals surface area contributed by atoms with E-state index in [0.29, 0.717) is 31.6 Å². The first-order chi connectivity index (χ1) is 25.6. The Morgan fingerprint density at radius 1 is 0.887 bits per heavy atom. The molecule has 3 amide bonds. The van der Waals surface area contributed by atoms with E-state index in [4.69, 9.17) is 0 Å². The Hall–Kier alpha value is -4.27. The summed E-state index contributed by atoms with van der Waals surface area (Å²) in [5.74, 6) is -2.93. The molecule has 1 saturated heterocycles. The minimum atomic E-state index is -1.11. The Morgan fingerprint density at radius 3 is 2.28 bits per heavy atom. The van der Waals surface area contributed by atoms with Gasteiger partial charge in [0, 0.05) is 60.2 Å². The fourth-order valence-electron chi connectivity index (χ4n) is 7.79. The number of nitrogens with zero attached hydrogens (tertiary/aromatic N) is 2. The van der Waals surface area contributed by atoms with Gasteiger partial charge in [-0.25, -0.2) is 8.78 Å². The summed E-state index contributed by atoms with van der Waals surface area (Å²) in [7, 11) is 0. The Morgan fingerprint density at radius 2 is 1.57 bits per heavy atom. The van der Waals surface area contributed by atoms with Crippen LogP contribution in [0.25, 0.3) is 16.5 Å². The van der Waals surface area contributed by atoms with Gasteiger partial charge in [0.05, 0.1) is 11.3 Å². The number of aromatic nitrogens is 1. The number of H-pyrrole nitrogens is 1. The number of aromatic amines is 1. The van der Waals surface area contributed by atoms with E-state index in [2.05, 4.69) is 29.4 Å². The minimum absolute atomic E-state index is 0.0117. The van der Waals surface area contributed by atoms with E-state index in [1.54, 1.807) is 0 Å². The number of para-hydroxylation sites is 1. The Balaban J connectivity index is 1.13. The molecular formula is C44H58F2N4O3. The van der Waals surface area contributed by atoms with E-state index in [1.165, 1.54) is 75.0 Å². The maximum Gasteiger partial charge on any atom is 0.257 e. The van der Waals surface area contributed by atoms with Crippen LogP contribution in [0.5, 0.6) is 0 Å². The highest BCUT2D eigenvalue weighted by atomic mass is 19.2. The monoisotopic (exact) mass is 728 g/mol. The molecule has 1 fully saturated rings. The molecule has 2 aliphatic heterocycles. The second-order valence-corrected chi connectivity index (χ2v) is 15.5. The van der Waals surface area contributed by atoms with Crippen LogP contribution in [0.3, 0.4) is 0 Å².